The van der Waals surface area contributed by atoms with Crippen molar-refractivity contribution in [2.75, 3.05) is 0 Å². The molecule has 0 aliphatic rings. The van der Waals surface area contributed by atoms with Crippen molar-refractivity contribution in [3.8, 4) is 0 Å². The first-order valence-electron chi connectivity index (χ1n) is 3.51. The Labute approximate surface area is 106 Å². The van der Waals surface area contributed by atoms with E-state index in [2.05, 4.69) is 0 Å². The van der Waals surface area contributed by atoms with Crippen molar-refractivity contribution in [2.45, 2.75) is 0 Å². The molecule has 1 aromatic carbocycles. The summed E-state index contributed by atoms with van der Waals surface area (Å²) < 4.78 is -0.198. The van der Waals surface area contributed by atoms with Gasteiger partial charge in [0.15, 0.2) is 0 Å². The normalized spacial score (nSPS) is 8.53. The molecule has 1 rings (SSSR count). The van der Waals surface area contributed by atoms with Crippen LogP contribution in [0.3, 0.4) is 0 Å². The number of benzene rings is 1. The maximum absolute atomic E-state index is 10.0. The number of non-ortho nitro benzene ring substituents is 1. The van der Waals surface area contributed by atoms with Crippen molar-refractivity contribution in [3.05, 3.63) is 49.4 Å². The summed E-state index contributed by atoms with van der Waals surface area (Å²) in [7, 11) is 0. The van der Waals surface area contributed by atoms with E-state index in [1.165, 1.54) is 12.1 Å². The van der Waals surface area contributed by atoms with Crippen LogP contribution in [-0.2, 0) is 0 Å². The number of rotatable bonds is 1. The van der Waals surface area contributed by atoms with Gasteiger partial charge in [-0.25, -0.2) is 0 Å². The second kappa shape index (κ2) is 7.77. The molecule has 0 N–H and O–H groups in total. The number of hydrogen-bond donors (Lipinski definition) is 0. The summed E-state index contributed by atoms with van der Waals surface area (Å²) in [5, 5.41) is 10.0. The van der Waals surface area contributed by atoms with E-state index in [4.69, 9.17) is 46.4 Å². The molecule has 0 spiro atoms. The van der Waals surface area contributed by atoms with Crippen LogP contribution in [0, 0.1) is 10.1 Å². The van der Waals surface area contributed by atoms with E-state index in [-0.39, 0.29) is 14.7 Å². The number of nitrogens with zero attached hydrogens (tertiary/aromatic N) is 1. The van der Waals surface area contributed by atoms with Gasteiger partial charge in [0.2, 0.25) is 0 Å². The van der Waals surface area contributed by atoms with E-state index >= 15 is 0 Å². The molecule has 0 aliphatic heterocycles. The third-order valence-corrected chi connectivity index (χ3v) is 2.25. The number of nitro benzene ring substituents is 1. The minimum Gasteiger partial charge on any atom is -0.258 e. The van der Waals surface area contributed by atoms with E-state index in [0.717, 1.165) is 0 Å². The molecule has 3 nitrogen and oxygen atoms in total. The highest BCUT2D eigenvalue weighted by Crippen LogP contribution is 2.20. The molecule has 1 aromatic rings. The molecule has 0 radical (unpaired) electrons. The molecule has 7 heteroatoms. The van der Waals surface area contributed by atoms with Crippen LogP contribution in [0.4, 0.5) is 5.69 Å². The second-order valence-corrected chi connectivity index (χ2v) is 4.01. The van der Waals surface area contributed by atoms with Gasteiger partial charge in [-0.1, -0.05) is 64.6 Å². The molecule has 0 aliphatic carbocycles. The van der Waals surface area contributed by atoms with Gasteiger partial charge >= 0.3 is 0 Å². The zero-order valence-corrected chi connectivity index (χ0v) is 10.2. The zero-order chi connectivity index (χ0) is 11.8. The summed E-state index contributed by atoms with van der Waals surface area (Å²) in [6.45, 7) is 0. The molecule has 0 fully saturated rings. The van der Waals surface area contributed by atoms with Gasteiger partial charge in [0.1, 0.15) is 8.98 Å². The topological polar surface area (TPSA) is 43.1 Å². The average Bonchev–Trinajstić information content (AvgIpc) is 2.20. The molecule has 0 bridgehead atoms. The fourth-order valence-electron chi connectivity index (χ4n) is 0.550. The molecular formula is C8H5Cl4NO2. The van der Waals surface area contributed by atoms with Crippen LogP contribution < -0.4 is 0 Å². The zero-order valence-electron chi connectivity index (χ0n) is 7.16. The highest BCUT2D eigenvalue weighted by molar-refractivity contribution is 6.67. The molecule has 0 heterocycles. The molecule has 15 heavy (non-hydrogen) atoms. The lowest BCUT2D eigenvalue weighted by Crippen LogP contribution is -1.84. The van der Waals surface area contributed by atoms with Gasteiger partial charge in [-0.05, 0) is 0 Å². The fourth-order valence-corrected chi connectivity index (χ4v) is 0.550. The van der Waals surface area contributed by atoms with Gasteiger partial charge in [-0.15, -0.1) is 0 Å². The Morgan fingerprint density at radius 2 is 1.40 bits per heavy atom. The first-order valence-corrected chi connectivity index (χ1v) is 5.02. The lowest BCUT2D eigenvalue weighted by Gasteiger charge is -1.85. The summed E-state index contributed by atoms with van der Waals surface area (Å²) >= 11 is 20.0. The Morgan fingerprint density at radius 3 is 1.60 bits per heavy atom. The number of hydrogen-bond acceptors (Lipinski definition) is 2. The highest BCUT2D eigenvalue weighted by atomic mass is 35.5. The SMILES string of the molecule is ClC(Cl)=C(Cl)Cl.O=[N+]([O-])c1ccccc1. The van der Waals surface area contributed by atoms with E-state index in [1.807, 2.05) is 0 Å². The maximum Gasteiger partial charge on any atom is 0.269 e. The molecule has 0 atom stereocenters. The maximum atomic E-state index is 10.0. The van der Waals surface area contributed by atoms with Crippen LogP contribution >= 0.6 is 46.4 Å². The van der Waals surface area contributed by atoms with Gasteiger partial charge < -0.3 is 0 Å². The number of halogens is 4. The summed E-state index contributed by atoms with van der Waals surface area (Å²) in [4.78, 5) is 9.59. The van der Waals surface area contributed by atoms with Crippen molar-refractivity contribution < 1.29 is 4.92 Å². The van der Waals surface area contributed by atoms with E-state index < -0.39 is 4.92 Å². The van der Waals surface area contributed by atoms with Crippen molar-refractivity contribution >= 4 is 52.1 Å². The van der Waals surface area contributed by atoms with Crippen LogP contribution in [0.5, 0.6) is 0 Å². The van der Waals surface area contributed by atoms with Crippen molar-refractivity contribution in [1.82, 2.24) is 0 Å². The Kier molecular flexibility index (Phi) is 7.52. The first kappa shape index (κ1) is 14.5. The van der Waals surface area contributed by atoms with Crippen LogP contribution in [0.25, 0.3) is 0 Å². The largest absolute Gasteiger partial charge is 0.269 e. The van der Waals surface area contributed by atoms with Crippen molar-refractivity contribution in [2.24, 2.45) is 0 Å². The number of para-hydroxylation sites is 1. The standard InChI is InChI=1S/C6H5NO2.C2Cl4/c8-7(9)6-4-2-1-3-5-6;3-1(4)2(5)6/h1-5H;. The van der Waals surface area contributed by atoms with Gasteiger partial charge in [-0.3, -0.25) is 10.1 Å². The lowest BCUT2D eigenvalue weighted by atomic mass is 10.3. The minimum atomic E-state index is -0.417. The lowest BCUT2D eigenvalue weighted by molar-refractivity contribution is -0.384. The smallest absolute Gasteiger partial charge is 0.258 e. The molecule has 0 saturated heterocycles. The predicted molar refractivity (Wildman–Crippen MR) is 63.5 cm³/mol. The van der Waals surface area contributed by atoms with Crippen molar-refractivity contribution in [1.29, 1.82) is 0 Å². The Morgan fingerprint density at radius 1 is 1.00 bits per heavy atom. The summed E-state index contributed by atoms with van der Waals surface area (Å²) in [5.41, 5.74) is 0.137. The Balaban J connectivity index is 0.000000288. The Hall–Kier alpha value is -0.480. The molecule has 0 aromatic heterocycles. The number of nitro groups is 1. The minimum absolute atomic E-state index is 0.0988. The van der Waals surface area contributed by atoms with E-state index in [0.29, 0.717) is 0 Å². The highest BCUT2D eigenvalue weighted by Gasteiger charge is 1.98. The third-order valence-electron chi connectivity index (χ3n) is 1.11. The third kappa shape index (κ3) is 7.45. The van der Waals surface area contributed by atoms with Crippen LogP contribution in [0.2, 0.25) is 0 Å². The van der Waals surface area contributed by atoms with E-state index in [9.17, 15) is 10.1 Å². The van der Waals surface area contributed by atoms with Gasteiger partial charge in [-0.2, -0.15) is 0 Å². The quantitative estimate of drug-likeness (QED) is 0.557. The molecule has 82 valence electrons. The summed E-state index contributed by atoms with van der Waals surface area (Å²) in [5.74, 6) is 0. The monoisotopic (exact) mass is 287 g/mol. The van der Waals surface area contributed by atoms with Crippen LogP contribution in [-0.4, -0.2) is 4.92 Å². The van der Waals surface area contributed by atoms with Gasteiger partial charge in [0, 0.05) is 12.1 Å². The van der Waals surface area contributed by atoms with Crippen LogP contribution in [0.15, 0.2) is 39.3 Å². The van der Waals surface area contributed by atoms with Crippen molar-refractivity contribution in [3.63, 3.8) is 0 Å². The molecule has 0 amide bonds. The fraction of sp³-hybridized carbons (Fsp3) is 0. The summed E-state index contributed by atoms with van der Waals surface area (Å²) in [6, 6.07) is 7.93. The van der Waals surface area contributed by atoms with E-state index in [1.54, 1.807) is 18.2 Å². The first-order chi connectivity index (χ1) is 6.95. The predicted octanol–water partition coefficient (Wildman–Crippen LogP) is 4.66. The average molecular weight is 289 g/mol. The second-order valence-electron chi connectivity index (χ2n) is 2.11. The molecule has 0 unspecified atom stereocenters. The Bertz CT molecular complexity index is 335. The summed E-state index contributed by atoms with van der Waals surface area (Å²) in [6.07, 6.45) is 0. The van der Waals surface area contributed by atoms with Gasteiger partial charge in [0.25, 0.3) is 5.69 Å². The molecular weight excluding hydrogens is 284 g/mol. The van der Waals surface area contributed by atoms with Gasteiger partial charge in [0.05, 0.1) is 4.92 Å². The molecule has 0 saturated carbocycles. The van der Waals surface area contributed by atoms with Crippen LogP contribution in [0.1, 0.15) is 0 Å².